The Morgan fingerprint density at radius 3 is 2.75 bits per heavy atom. The maximum atomic E-state index is 8.66. The highest BCUT2D eigenvalue weighted by atomic mass is 35.5. The van der Waals surface area contributed by atoms with Gasteiger partial charge >= 0.3 is 0 Å². The molecule has 0 aliphatic carbocycles. The molecule has 0 aromatic carbocycles. The zero-order valence-corrected chi connectivity index (χ0v) is 7.49. The molecule has 0 saturated carbocycles. The van der Waals surface area contributed by atoms with Crippen molar-refractivity contribution in [1.82, 2.24) is 9.97 Å². The van der Waals surface area contributed by atoms with E-state index >= 15 is 0 Å². The van der Waals surface area contributed by atoms with Crippen LogP contribution < -0.4 is 4.90 Å². The van der Waals surface area contributed by atoms with Gasteiger partial charge in [0.05, 0.1) is 6.61 Å². The average Bonchev–Trinajstić information content (AvgIpc) is 2.05. The van der Waals surface area contributed by atoms with Gasteiger partial charge in [0, 0.05) is 26.0 Å². The molecule has 12 heavy (non-hydrogen) atoms. The van der Waals surface area contributed by atoms with E-state index in [9.17, 15) is 0 Å². The Morgan fingerprint density at radius 1 is 1.50 bits per heavy atom. The topological polar surface area (TPSA) is 49.2 Å². The molecule has 1 N–H and O–H groups in total. The zero-order chi connectivity index (χ0) is 8.97. The zero-order valence-electron chi connectivity index (χ0n) is 6.74. The summed E-state index contributed by atoms with van der Waals surface area (Å²) in [6, 6.07) is 0. The molecule has 0 aliphatic heterocycles. The van der Waals surface area contributed by atoms with Crippen LogP contribution in [0.5, 0.6) is 0 Å². The summed E-state index contributed by atoms with van der Waals surface area (Å²) >= 11 is 5.76. The van der Waals surface area contributed by atoms with E-state index in [4.69, 9.17) is 16.7 Å². The standard InChI is InChI=1S/C7H10ClN3O/c1-11(4-5-12)7-6(8)9-2-3-10-7/h2-3,12H,4-5H2,1H3. The van der Waals surface area contributed by atoms with Crippen LogP contribution in [0.1, 0.15) is 0 Å². The van der Waals surface area contributed by atoms with Gasteiger partial charge in [-0.15, -0.1) is 0 Å². The summed E-state index contributed by atoms with van der Waals surface area (Å²) in [6.45, 7) is 0.571. The van der Waals surface area contributed by atoms with Crippen molar-refractivity contribution >= 4 is 17.4 Å². The van der Waals surface area contributed by atoms with Crippen molar-refractivity contribution in [3.63, 3.8) is 0 Å². The fourth-order valence-electron chi connectivity index (χ4n) is 0.826. The molecule has 66 valence electrons. The van der Waals surface area contributed by atoms with E-state index in [2.05, 4.69) is 9.97 Å². The van der Waals surface area contributed by atoms with Crippen molar-refractivity contribution in [2.45, 2.75) is 0 Å². The fraction of sp³-hybridized carbons (Fsp3) is 0.429. The molecule has 0 aliphatic rings. The van der Waals surface area contributed by atoms with Crippen LogP contribution in [0.2, 0.25) is 5.15 Å². The highest BCUT2D eigenvalue weighted by Gasteiger charge is 2.06. The molecule has 0 spiro atoms. The number of hydrogen-bond acceptors (Lipinski definition) is 4. The predicted molar refractivity (Wildman–Crippen MR) is 47.4 cm³/mol. The van der Waals surface area contributed by atoms with Crippen LogP contribution >= 0.6 is 11.6 Å². The van der Waals surface area contributed by atoms with Crippen LogP contribution in [0.25, 0.3) is 0 Å². The molecule has 4 nitrogen and oxygen atoms in total. The minimum absolute atomic E-state index is 0.0728. The van der Waals surface area contributed by atoms with E-state index in [1.54, 1.807) is 18.1 Å². The van der Waals surface area contributed by atoms with Gasteiger partial charge in [0.2, 0.25) is 0 Å². The first-order valence-electron chi connectivity index (χ1n) is 3.54. The van der Waals surface area contributed by atoms with Gasteiger partial charge in [-0.25, -0.2) is 9.97 Å². The first kappa shape index (κ1) is 9.22. The molecular weight excluding hydrogens is 178 g/mol. The molecule has 0 fully saturated rings. The average molecular weight is 188 g/mol. The summed E-state index contributed by atoms with van der Waals surface area (Å²) in [5.74, 6) is 0.591. The lowest BCUT2D eigenvalue weighted by atomic mass is 10.5. The van der Waals surface area contributed by atoms with Crippen molar-refractivity contribution in [3.8, 4) is 0 Å². The number of likely N-dealkylation sites (N-methyl/N-ethyl adjacent to an activating group) is 1. The first-order chi connectivity index (χ1) is 5.75. The van der Waals surface area contributed by atoms with E-state index in [0.717, 1.165) is 0 Å². The monoisotopic (exact) mass is 187 g/mol. The summed E-state index contributed by atoms with van der Waals surface area (Å²) < 4.78 is 0. The largest absolute Gasteiger partial charge is 0.395 e. The molecule has 0 bridgehead atoms. The summed E-state index contributed by atoms with van der Waals surface area (Å²) in [7, 11) is 1.80. The minimum atomic E-state index is 0.0728. The molecule has 0 atom stereocenters. The number of rotatable bonds is 3. The van der Waals surface area contributed by atoms with E-state index in [1.165, 1.54) is 6.20 Å². The quantitative estimate of drug-likeness (QED) is 0.751. The van der Waals surface area contributed by atoms with Crippen molar-refractivity contribution < 1.29 is 5.11 Å². The minimum Gasteiger partial charge on any atom is -0.395 e. The highest BCUT2D eigenvalue weighted by Crippen LogP contribution is 2.17. The van der Waals surface area contributed by atoms with Crippen LogP contribution in [-0.4, -0.2) is 35.3 Å². The lowest BCUT2D eigenvalue weighted by Crippen LogP contribution is -2.22. The Morgan fingerprint density at radius 2 is 2.17 bits per heavy atom. The lowest BCUT2D eigenvalue weighted by Gasteiger charge is -2.16. The van der Waals surface area contributed by atoms with Crippen LogP contribution in [-0.2, 0) is 0 Å². The Labute approximate surface area is 75.8 Å². The van der Waals surface area contributed by atoms with E-state index in [0.29, 0.717) is 17.5 Å². The van der Waals surface area contributed by atoms with E-state index in [1.807, 2.05) is 0 Å². The number of nitrogens with zero attached hydrogens (tertiary/aromatic N) is 3. The third-order valence-electron chi connectivity index (χ3n) is 1.43. The Kier molecular flexibility index (Phi) is 3.25. The van der Waals surface area contributed by atoms with Gasteiger partial charge < -0.3 is 10.0 Å². The van der Waals surface area contributed by atoms with Gasteiger partial charge in [-0.1, -0.05) is 11.6 Å². The van der Waals surface area contributed by atoms with Crippen LogP contribution in [0.15, 0.2) is 12.4 Å². The second kappa shape index (κ2) is 4.23. The maximum Gasteiger partial charge on any atom is 0.171 e. The number of aliphatic hydroxyl groups is 1. The summed E-state index contributed by atoms with van der Waals surface area (Å²) in [5, 5.41) is 9.01. The number of halogens is 1. The Bertz CT molecular complexity index is 256. The number of anilines is 1. The van der Waals surface area contributed by atoms with Crippen LogP contribution in [0, 0.1) is 0 Å². The van der Waals surface area contributed by atoms with Gasteiger partial charge in [-0.2, -0.15) is 0 Å². The molecule has 0 amide bonds. The van der Waals surface area contributed by atoms with Gasteiger partial charge in [0.1, 0.15) is 0 Å². The molecule has 1 rings (SSSR count). The number of aliphatic hydroxyl groups excluding tert-OH is 1. The van der Waals surface area contributed by atoms with Gasteiger partial charge in [0.25, 0.3) is 0 Å². The molecule has 1 heterocycles. The van der Waals surface area contributed by atoms with Crippen LogP contribution in [0.3, 0.4) is 0 Å². The molecule has 5 heteroatoms. The third-order valence-corrected chi connectivity index (χ3v) is 1.70. The Balaban J connectivity index is 2.79. The number of hydrogen-bond donors (Lipinski definition) is 1. The molecule has 0 radical (unpaired) electrons. The van der Waals surface area contributed by atoms with Gasteiger partial charge in [-0.05, 0) is 0 Å². The van der Waals surface area contributed by atoms with Gasteiger partial charge in [-0.3, -0.25) is 0 Å². The summed E-state index contributed by atoms with van der Waals surface area (Å²) in [5.41, 5.74) is 0. The number of aromatic nitrogens is 2. The summed E-state index contributed by atoms with van der Waals surface area (Å²) in [6.07, 6.45) is 3.09. The second-order valence-corrected chi connectivity index (χ2v) is 2.67. The molecule has 1 aromatic heterocycles. The van der Waals surface area contributed by atoms with Crippen LogP contribution in [0.4, 0.5) is 5.82 Å². The molecular formula is C7H10ClN3O. The highest BCUT2D eigenvalue weighted by molar-refractivity contribution is 6.31. The first-order valence-corrected chi connectivity index (χ1v) is 3.92. The molecule has 0 unspecified atom stereocenters. The third kappa shape index (κ3) is 2.06. The molecule has 0 saturated heterocycles. The van der Waals surface area contributed by atoms with E-state index < -0.39 is 0 Å². The predicted octanol–water partition coefficient (Wildman–Crippen LogP) is 0.558. The van der Waals surface area contributed by atoms with Crippen molar-refractivity contribution in [2.24, 2.45) is 0 Å². The van der Waals surface area contributed by atoms with E-state index in [-0.39, 0.29) is 6.61 Å². The Hall–Kier alpha value is -0.870. The summed E-state index contributed by atoms with van der Waals surface area (Å²) in [4.78, 5) is 9.62. The SMILES string of the molecule is CN(CCO)c1nccnc1Cl. The second-order valence-electron chi connectivity index (χ2n) is 2.32. The van der Waals surface area contributed by atoms with Crippen molar-refractivity contribution in [1.29, 1.82) is 0 Å². The normalized spacial score (nSPS) is 9.92. The lowest BCUT2D eigenvalue weighted by molar-refractivity contribution is 0.304. The maximum absolute atomic E-state index is 8.66. The fourth-order valence-corrected chi connectivity index (χ4v) is 1.08. The van der Waals surface area contributed by atoms with Crippen molar-refractivity contribution in [3.05, 3.63) is 17.5 Å². The van der Waals surface area contributed by atoms with Gasteiger partial charge in [0.15, 0.2) is 11.0 Å². The smallest absolute Gasteiger partial charge is 0.171 e. The van der Waals surface area contributed by atoms with Crippen molar-refractivity contribution in [2.75, 3.05) is 25.1 Å². The molecule has 1 aromatic rings.